The SMILES string of the molecule is CCCCCCc1cc2c(cc1/C(C#N)=C1/Nc3ccccc3S1)Oc1cc(/C(C#N)=C3/Nc4ccccc4S3)c(CCCCCC)cc1C21OC(=O)c2ccccc21. The van der Waals surface area contributed by atoms with Crippen molar-refractivity contribution in [1.29, 1.82) is 10.5 Å². The number of nitrogens with zero attached hydrogens (tertiary/aromatic N) is 2. The number of allylic oxidation sites excluding steroid dienone is 2. The number of hydrogen-bond acceptors (Lipinski definition) is 9. The normalized spacial score (nSPS) is 16.6. The molecule has 0 bridgehead atoms. The van der Waals surface area contributed by atoms with Crippen LogP contribution in [0.4, 0.5) is 11.4 Å². The highest BCUT2D eigenvalue weighted by Gasteiger charge is 2.54. The second-order valence-electron chi connectivity index (χ2n) is 15.4. The molecule has 5 aromatic rings. The number of para-hydroxylation sites is 2. The molecule has 294 valence electrons. The number of benzene rings is 5. The van der Waals surface area contributed by atoms with Crippen molar-refractivity contribution in [2.24, 2.45) is 0 Å². The quantitative estimate of drug-likeness (QED) is 0.0723. The summed E-state index contributed by atoms with van der Waals surface area (Å²) in [6, 6.07) is 37.1. The number of hydrogen-bond donors (Lipinski definition) is 2. The molecule has 0 saturated carbocycles. The van der Waals surface area contributed by atoms with E-state index in [1.165, 1.54) is 0 Å². The molecule has 4 heterocycles. The van der Waals surface area contributed by atoms with Gasteiger partial charge in [0, 0.05) is 37.6 Å². The average Bonchev–Trinajstić information content (AvgIpc) is 3.97. The van der Waals surface area contributed by atoms with Crippen LogP contribution in [0.15, 0.2) is 117 Å². The summed E-state index contributed by atoms with van der Waals surface area (Å²) in [4.78, 5) is 16.2. The van der Waals surface area contributed by atoms with E-state index in [4.69, 9.17) is 9.47 Å². The van der Waals surface area contributed by atoms with Crippen LogP contribution >= 0.6 is 23.5 Å². The molecular formula is C50H44N4O3S2. The van der Waals surface area contributed by atoms with Gasteiger partial charge in [0.25, 0.3) is 0 Å². The van der Waals surface area contributed by atoms with Crippen LogP contribution in [-0.2, 0) is 23.2 Å². The van der Waals surface area contributed by atoms with E-state index in [2.05, 4.69) is 60.9 Å². The number of carbonyl (C=O) groups excluding carboxylic acids is 1. The Morgan fingerprint density at radius 1 is 0.627 bits per heavy atom. The number of nitriles is 2. The van der Waals surface area contributed by atoms with Crippen LogP contribution in [-0.4, -0.2) is 5.97 Å². The number of unbranched alkanes of at least 4 members (excludes halogenated alkanes) is 6. The summed E-state index contributed by atoms with van der Waals surface area (Å²) in [6.45, 7) is 4.41. The molecule has 4 aliphatic heterocycles. The van der Waals surface area contributed by atoms with Gasteiger partial charge in [-0.3, -0.25) is 0 Å². The van der Waals surface area contributed by atoms with Gasteiger partial charge in [0.15, 0.2) is 5.60 Å². The number of aryl methyl sites for hydroxylation is 2. The van der Waals surface area contributed by atoms with E-state index in [9.17, 15) is 15.3 Å². The predicted molar refractivity (Wildman–Crippen MR) is 237 cm³/mol. The van der Waals surface area contributed by atoms with E-state index < -0.39 is 11.6 Å². The van der Waals surface area contributed by atoms with Gasteiger partial charge in [0.1, 0.15) is 23.6 Å². The van der Waals surface area contributed by atoms with E-state index in [-0.39, 0.29) is 0 Å². The fraction of sp³-hybridized carbons (Fsp3) is 0.260. The van der Waals surface area contributed by atoms with E-state index in [1.807, 2.05) is 72.8 Å². The van der Waals surface area contributed by atoms with Crippen molar-refractivity contribution < 1.29 is 14.3 Å². The molecule has 0 unspecified atom stereocenters. The molecule has 5 aromatic carbocycles. The highest BCUT2D eigenvalue weighted by molar-refractivity contribution is 8.04. The van der Waals surface area contributed by atoms with Gasteiger partial charge in [-0.2, -0.15) is 10.5 Å². The van der Waals surface area contributed by atoms with Crippen molar-refractivity contribution in [2.45, 2.75) is 93.4 Å². The summed E-state index contributed by atoms with van der Waals surface area (Å²) in [5.41, 5.74) is 8.05. The Morgan fingerprint density at radius 3 is 1.61 bits per heavy atom. The standard InChI is InChI=1S/C50H44N4O3S2/c1-3-5-7-9-17-31-25-39-43(27-34(31)36(29-51)47-53-41-21-13-15-23-45(41)58-47)56-44-28-35(37(30-52)48-54-42-22-14-16-24-46(42)59-48)32(18-10-8-6-4-2)26-40(44)50(39)38-20-12-11-19-33(38)49(55)57-50/h11-16,19-28,53-54H,3-10,17-18H2,1-2H3/b47-36-,48-37-. The van der Waals surface area contributed by atoms with Crippen LogP contribution < -0.4 is 15.4 Å². The number of fused-ring (bicyclic) bond motifs is 8. The Kier molecular flexibility index (Phi) is 10.7. The highest BCUT2D eigenvalue weighted by atomic mass is 32.2. The van der Waals surface area contributed by atoms with Crippen LogP contribution in [0.1, 0.15) is 115 Å². The number of ether oxygens (including phenoxy) is 2. The molecule has 0 fully saturated rings. The molecule has 1 spiro atoms. The molecule has 0 saturated heterocycles. The predicted octanol–water partition coefficient (Wildman–Crippen LogP) is 13.3. The maximum Gasteiger partial charge on any atom is 0.340 e. The van der Waals surface area contributed by atoms with Crippen LogP contribution in [0.5, 0.6) is 11.5 Å². The van der Waals surface area contributed by atoms with Crippen molar-refractivity contribution >= 4 is 52.0 Å². The smallest absolute Gasteiger partial charge is 0.340 e. The van der Waals surface area contributed by atoms with Gasteiger partial charge >= 0.3 is 5.97 Å². The Hall–Kier alpha value is -5.87. The second-order valence-corrected chi connectivity index (χ2v) is 17.5. The van der Waals surface area contributed by atoms with Crippen LogP contribution in [0.25, 0.3) is 11.1 Å². The number of anilines is 2. The fourth-order valence-electron chi connectivity index (χ4n) is 8.74. The van der Waals surface area contributed by atoms with Crippen molar-refractivity contribution in [3.63, 3.8) is 0 Å². The van der Waals surface area contributed by atoms with Crippen LogP contribution in [0.2, 0.25) is 0 Å². The maximum absolute atomic E-state index is 14.0. The van der Waals surface area contributed by atoms with E-state index in [0.29, 0.717) is 28.2 Å². The third-order valence-corrected chi connectivity index (χ3v) is 13.8. The first kappa shape index (κ1) is 38.6. The molecule has 59 heavy (non-hydrogen) atoms. The average molecular weight is 813 g/mol. The molecule has 2 N–H and O–H groups in total. The summed E-state index contributed by atoms with van der Waals surface area (Å²) in [7, 11) is 0. The Bertz CT molecular complexity index is 2460. The van der Waals surface area contributed by atoms with E-state index in [0.717, 1.165) is 134 Å². The maximum atomic E-state index is 14.0. The van der Waals surface area contributed by atoms with Crippen LogP contribution in [0.3, 0.4) is 0 Å². The largest absolute Gasteiger partial charge is 0.456 e. The molecule has 9 rings (SSSR count). The second kappa shape index (κ2) is 16.4. The summed E-state index contributed by atoms with van der Waals surface area (Å²) in [5, 5.41) is 30.4. The van der Waals surface area contributed by atoms with Crippen molar-refractivity contribution in [2.75, 3.05) is 10.6 Å². The Morgan fingerprint density at radius 2 is 1.12 bits per heavy atom. The van der Waals surface area contributed by atoms with Crippen LogP contribution in [0, 0.1) is 22.7 Å². The molecule has 0 aliphatic carbocycles. The summed E-state index contributed by atoms with van der Waals surface area (Å²) < 4.78 is 13.8. The molecule has 0 atom stereocenters. The van der Waals surface area contributed by atoms with Gasteiger partial charge in [0.2, 0.25) is 0 Å². The fourth-order valence-corrected chi connectivity index (χ4v) is 10.8. The molecule has 7 nitrogen and oxygen atoms in total. The Labute approximate surface area is 354 Å². The lowest BCUT2D eigenvalue weighted by atomic mass is 9.75. The van der Waals surface area contributed by atoms with E-state index in [1.54, 1.807) is 23.5 Å². The van der Waals surface area contributed by atoms with Crippen molar-refractivity contribution in [1.82, 2.24) is 0 Å². The molecule has 0 radical (unpaired) electrons. The van der Waals surface area contributed by atoms with Gasteiger partial charge in [0.05, 0.1) is 38.1 Å². The zero-order valence-corrected chi connectivity index (χ0v) is 34.9. The third kappa shape index (κ3) is 6.87. The van der Waals surface area contributed by atoms with Gasteiger partial charge in [-0.15, -0.1) is 0 Å². The third-order valence-electron chi connectivity index (χ3n) is 11.7. The lowest BCUT2D eigenvalue weighted by molar-refractivity contribution is 0.0223. The molecule has 9 heteroatoms. The highest BCUT2D eigenvalue weighted by Crippen LogP contribution is 2.58. The first-order valence-corrected chi connectivity index (χ1v) is 22.3. The summed E-state index contributed by atoms with van der Waals surface area (Å²) in [6.07, 6.45) is 9.96. The van der Waals surface area contributed by atoms with Gasteiger partial charge < -0.3 is 20.1 Å². The number of carbonyl (C=O) groups is 1. The van der Waals surface area contributed by atoms with Gasteiger partial charge in [-0.25, -0.2) is 4.79 Å². The lowest BCUT2D eigenvalue weighted by Gasteiger charge is -2.38. The zero-order valence-electron chi connectivity index (χ0n) is 33.2. The zero-order chi connectivity index (χ0) is 40.5. The molecular weight excluding hydrogens is 769 g/mol. The topological polar surface area (TPSA) is 107 Å². The molecule has 0 amide bonds. The summed E-state index contributed by atoms with van der Waals surface area (Å²) >= 11 is 3.12. The summed E-state index contributed by atoms with van der Waals surface area (Å²) in [5.74, 6) is 0.628. The lowest BCUT2D eigenvalue weighted by Crippen LogP contribution is -2.33. The minimum Gasteiger partial charge on any atom is -0.456 e. The minimum absolute atomic E-state index is 0.394. The number of thioether (sulfide) groups is 2. The molecule has 0 aromatic heterocycles. The first-order valence-electron chi connectivity index (χ1n) is 20.7. The van der Waals surface area contributed by atoms with Gasteiger partial charge in [-0.05, 0) is 91.4 Å². The Balaban J connectivity index is 1.26. The van der Waals surface area contributed by atoms with Crippen molar-refractivity contribution in [3.05, 3.63) is 152 Å². The minimum atomic E-state index is -1.31. The molecule has 4 aliphatic rings. The number of rotatable bonds is 12. The van der Waals surface area contributed by atoms with Gasteiger partial charge in [-0.1, -0.05) is 118 Å². The monoisotopic (exact) mass is 812 g/mol. The number of esters is 1. The van der Waals surface area contributed by atoms with E-state index >= 15 is 0 Å². The first-order chi connectivity index (χ1) is 29.0. The van der Waals surface area contributed by atoms with Crippen molar-refractivity contribution in [3.8, 4) is 23.6 Å². The number of nitrogens with one attached hydrogen (secondary N) is 2.